The first-order valence-corrected chi connectivity index (χ1v) is 17.6. The standard InChI is InChI=1S/C41H46N2O9/c1-8-21(2)37(47)51-34-22(3)19-40-23(4)17-29-32(39(29,6)7)28(33(40)45)18-25(20-50-24(5)44)35(41(34,40)49)52-38(48)27-14-10-12-16-31(27)43-36(46)26-13-9-11-15-30(26)42/h8-16,18-19,23,28-29,32,34-35,49H,17,20,42H2,1-7H3,(H,43,46)/b21-8+/t23-,28+,29-,32+,34+,35-,40+,41-/m1/s1. The molecular formula is C41H46N2O9. The van der Waals surface area contributed by atoms with Gasteiger partial charge in [0, 0.05) is 29.7 Å². The van der Waals surface area contributed by atoms with Crippen LogP contribution in [0.1, 0.15) is 75.6 Å². The quantitative estimate of drug-likeness (QED) is 0.103. The third kappa shape index (κ3) is 5.66. The summed E-state index contributed by atoms with van der Waals surface area (Å²) >= 11 is 0. The van der Waals surface area contributed by atoms with Gasteiger partial charge in [-0.2, -0.15) is 0 Å². The number of benzene rings is 2. The predicted octanol–water partition coefficient (Wildman–Crippen LogP) is 5.60. The van der Waals surface area contributed by atoms with Crippen LogP contribution in [0.4, 0.5) is 11.4 Å². The van der Waals surface area contributed by atoms with Crippen LogP contribution in [0.3, 0.4) is 0 Å². The number of fused-ring (bicyclic) bond motifs is 3. The van der Waals surface area contributed by atoms with Gasteiger partial charge in [-0.1, -0.05) is 63.3 Å². The zero-order valence-electron chi connectivity index (χ0n) is 30.5. The Morgan fingerprint density at radius 2 is 1.65 bits per heavy atom. The summed E-state index contributed by atoms with van der Waals surface area (Å²) < 4.78 is 17.9. The van der Waals surface area contributed by atoms with Crippen molar-refractivity contribution in [2.45, 2.75) is 72.7 Å². The number of rotatable bonds is 8. The van der Waals surface area contributed by atoms with E-state index in [1.807, 2.05) is 6.92 Å². The molecule has 0 unspecified atom stereocenters. The van der Waals surface area contributed by atoms with Crippen LogP contribution in [0.25, 0.3) is 0 Å². The first-order chi connectivity index (χ1) is 24.5. The van der Waals surface area contributed by atoms with Crippen molar-refractivity contribution >= 4 is 41.0 Å². The van der Waals surface area contributed by atoms with Crippen LogP contribution in [0.15, 0.2) is 83.5 Å². The molecule has 4 N–H and O–H groups in total. The molecule has 2 fully saturated rings. The van der Waals surface area contributed by atoms with Crippen molar-refractivity contribution < 1.29 is 43.3 Å². The Bertz CT molecular complexity index is 1960. The topological polar surface area (TPSA) is 171 Å². The molecule has 11 heteroatoms. The lowest BCUT2D eigenvalue weighted by atomic mass is 9.59. The second kappa shape index (κ2) is 13.2. The lowest BCUT2D eigenvalue weighted by molar-refractivity contribution is -0.202. The van der Waals surface area contributed by atoms with Gasteiger partial charge in [0.1, 0.15) is 6.61 Å². The van der Waals surface area contributed by atoms with Crippen LogP contribution in [0, 0.1) is 34.5 Å². The van der Waals surface area contributed by atoms with E-state index in [1.165, 1.54) is 19.1 Å². The van der Waals surface area contributed by atoms with Crippen molar-refractivity contribution in [1.29, 1.82) is 0 Å². The average molecular weight is 711 g/mol. The number of ether oxygens (including phenoxy) is 3. The second-order valence-corrected chi connectivity index (χ2v) is 15.2. The smallest absolute Gasteiger partial charge is 0.340 e. The van der Waals surface area contributed by atoms with Gasteiger partial charge in [-0.15, -0.1) is 0 Å². The molecule has 0 saturated heterocycles. The molecule has 1 amide bonds. The van der Waals surface area contributed by atoms with E-state index >= 15 is 4.79 Å². The Labute approximate surface area is 303 Å². The molecule has 4 aliphatic rings. The highest BCUT2D eigenvalue weighted by atomic mass is 16.6. The zero-order valence-corrected chi connectivity index (χ0v) is 30.5. The minimum absolute atomic E-state index is 0.0528. The number of hydrogen-bond donors (Lipinski definition) is 3. The molecule has 8 atom stereocenters. The van der Waals surface area contributed by atoms with Gasteiger partial charge in [0.05, 0.1) is 22.2 Å². The van der Waals surface area contributed by atoms with Gasteiger partial charge in [0.2, 0.25) is 0 Å². The lowest BCUT2D eigenvalue weighted by Crippen LogP contribution is -2.66. The Hall–Kier alpha value is -5.03. The SMILES string of the molecule is C/C=C(\C)C(=O)O[C@H]1C(C)=C[C@]23C(=O)[C@@H](C=C(COC(C)=O)[C@@H](OC(=O)c4ccccc4NC(=O)c4ccccc4N)[C@]12O)[C@H]1[C@@H](C[C@H]3C)C1(C)C. The number of nitrogens with two attached hydrogens (primary N) is 1. The molecule has 11 nitrogen and oxygen atoms in total. The first kappa shape index (κ1) is 36.8. The fraction of sp³-hybridized carbons (Fsp3) is 0.439. The molecule has 2 aromatic carbocycles. The van der Waals surface area contributed by atoms with Gasteiger partial charge in [0.15, 0.2) is 23.6 Å². The van der Waals surface area contributed by atoms with E-state index in [2.05, 4.69) is 19.2 Å². The maximum Gasteiger partial charge on any atom is 0.340 e. The fourth-order valence-electron chi connectivity index (χ4n) is 9.06. The van der Waals surface area contributed by atoms with Crippen LogP contribution >= 0.6 is 0 Å². The highest BCUT2D eigenvalue weighted by Crippen LogP contribution is 2.72. The number of anilines is 2. The number of Topliss-reactive ketones (excluding diaryl/α,β-unsaturated/α-hetero) is 1. The molecule has 2 aromatic rings. The van der Waals surface area contributed by atoms with Crippen molar-refractivity contribution in [3.63, 3.8) is 0 Å². The highest BCUT2D eigenvalue weighted by molar-refractivity contribution is 6.10. The van der Waals surface area contributed by atoms with E-state index in [9.17, 15) is 24.3 Å². The summed E-state index contributed by atoms with van der Waals surface area (Å²) in [7, 11) is 0. The van der Waals surface area contributed by atoms with Gasteiger partial charge >= 0.3 is 17.9 Å². The van der Waals surface area contributed by atoms with Crippen molar-refractivity contribution in [3.05, 3.63) is 94.6 Å². The number of ketones is 1. The Balaban J connectivity index is 1.51. The number of nitrogen functional groups attached to an aromatic ring is 1. The fourth-order valence-corrected chi connectivity index (χ4v) is 9.06. The van der Waals surface area contributed by atoms with Crippen LogP contribution in [-0.2, 0) is 28.6 Å². The first-order valence-electron chi connectivity index (χ1n) is 17.6. The van der Waals surface area contributed by atoms with Gasteiger partial charge in [-0.05, 0) is 80.2 Å². The summed E-state index contributed by atoms with van der Waals surface area (Å²) in [5.74, 6) is -4.25. The van der Waals surface area contributed by atoms with Crippen molar-refractivity contribution in [2.24, 2.45) is 34.5 Å². The molecule has 0 aromatic heterocycles. The van der Waals surface area contributed by atoms with E-state index in [-0.39, 0.29) is 56.7 Å². The minimum atomic E-state index is -2.36. The van der Waals surface area contributed by atoms with Gasteiger partial charge < -0.3 is 30.4 Å². The van der Waals surface area contributed by atoms with Crippen molar-refractivity contribution in [3.8, 4) is 0 Å². The van der Waals surface area contributed by atoms with E-state index in [0.29, 0.717) is 12.0 Å². The molecule has 52 heavy (non-hydrogen) atoms. The average Bonchev–Trinajstić information content (AvgIpc) is 3.60. The lowest BCUT2D eigenvalue weighted by Gasteiger charge is -2.49. The van der Waals surface area contributed by atoms with Gasteiger partial charge in [-0.25, -0.2) is 9.59 Å². The van der Waals surface area contributed by atoms with Crippen LogP contribution in [0.5, 0.6) is 0 Å². The summed E-state index contributed by atoms with van der Waals surface area (Å²) in [5.41, 5.74) is 3.22. The number of aliphatic hydroxyl groups is 1. The molecule has 4 aliphatic carbocycles. The third-order valence-electron chi connectivity index (χ3n) is 11.9. The number of allylic oxidation sites excluding steroid dienone is 2. The number of para-hydroxylation sites is 2. The van der Waals surface area contributed by atoms with E-state index in [4.69, 9.17) is 19.9 Å². The van der Waals surface area contributed by atoms with Crippen molar-refractivity contribution in [2.75, 3.05) is 17.7 Å². The third-order valence-corrected chi connectivity index (χ3v) is 11.9. The molecular weight excluding hydrogens is 664 g/mol. The van der Waals surface area contributed by atoms with Crippen molar-refractivity contribution in [1.82, 2.24) is 0 Å². The second-order valence-electron chi connectivity index (χ2n) is 15.2. The molecule has 2 bridgehead atoms. The Morgan fingerprint density at radius 3 is 2.31 bits per heavy atom. The number of esters is 3. The largest absolute Gasteiger partial charge is 0.461 e. The maximum absolute atomic E-state index is 15.2. The number of carbonyl (C=O) groups excluding carboxylic acids is 5. The summed E-state index contributed by atoms with van der Waals surface area (Å²) in [6, 6.07) is 12.7. The van der Waals surface area contributed by atoms with E-state index in [0.717, 1.165) is 0 Å². The Kier molecular flexibility index (Phi) is 9.32. The highest BCUT2D eigenvalue weighted by Gasteiger charge is 2.77. The number of hydrogen-bond acceptors (Lipinski definition) is 10. The van der Waals surface area contributed by atoms with Crippen LogP contribution < -0.4 is 11.1 Å². The number of nitrogens with one attached hydrogen (secondary N) is 1. The molecule has 274 valence electrons. The minimum Gasteiger partial charge on any atom is -0.461 e. The molecule has 0 radical (unpaired) electrons. The predicted molar refractivity (Wildman–Crippen MR) is 193 cm³/mol. The maximum atomic E-state index is 15.2. The van der Waals surface area contributed by atoms with Crippen LogP contribution in [0.2, 0.25) is 0 Å². The molecule has 2 saturated carbocycles. The number of carbonyl (C=O) groups is 5. The Morgan fingerprint density at radius 1 is 1.00 bits per heavy atom. The summed E-state index contributed by atoms with van der Waals surface area (Å²) in [4.78, 5) is 68.5. The normalized spacial score (nSPS) is 31.4. The summed E-state index contributed by atoms with van der Waals surface area (Å²) in [6.45, 7) is 11.9. The molecule has 6 rings (SSSR count). The zero-order chi connectivity index (χ0) is 37.9. The van der Waals surface area contributed by atoms with E-state index in [1.54, 1.807) is 75.4 Å². The molecule has 1 spiro atoms. The molecule has 0 heterocycles. The van der Waals surface area contributed by atoms with E-state index < -0.39 is 65.5 Å². The summed E-state index contributed by atoms with van der Waals surface area (Å²) in [5, 5.41) is 16.2. The van der Waals surface area contributed by atoms with Gasteiger partial charge in [0.25, 0.3) is 5.91 Å². The van der Waals surface area contributed by atoms with Crippen LogP contribution in [-0.4, -0.2) is 59.1 Å². The van der Waals surface area contributed by atoms with Gasteiger partial charge in [-0.3, -0.25) is 14.4 Å². The molecule has 0 aliphatic heterocycles. The summed E-state index contributed by atoms with van der Waals surface area (Å²) in [6.07, 6.45) is 2.50. The number of amides is 1. The monoisotopic (exact) mass is 710 g/mol.